The predicted molar refractivity (Wildman–Crippen MR) is 164 cm³/mol. The summed E-state index contributed by atoms with van der Waals surface area (Å²) in [5.41, 5.74) is 3.97. The second kappa shape index (κ2) is 11.5. The maximum absolute atomic E-state index is 14.6. The minimum absolute atomic E-state index is 0.108. The van der Waals surface area contributed by atoms with Gasteiger partial charge in [-0.25, -0.2) is 9.18 Å². The molecule has 0 bridgehead atoms. The van der Waals surface area contributed by atoms with Gasteiger partial charge >= 0.3 is 5.97 Å². The SMILES string of the molecule is C[C@@H](COc1ccnc2c1[C@H](C)CCC2)CC1Cc2ccccc2C12CCC(Nc1cc(Cl)ccc1F)(C(=O)O)CC2. The third-order valence-electron chi connectivity index (χ3n) is 10.3. The lowest BCUT2D eigenvalue weighted by atomic mass is 9.59. The van der Waals surface area contributed by atoms with Crippen LogP contribution in [0.25, 0.3) is 0 Å². The lowest BCUT2D eigenvalue weighted by molar-refractivity contribution is -0.144. The van der Waals surface area contributed by atoms with Crippen molar-refractivity contribution in [1.82, 2.24) is 4.98 Å². The summed E-state index contributed by atoms with van der Waals surface area (Å²) in [6.45, 7) is 5.17. The highest BCUT2D eigenvalue weighted by Gasteiger charge is 2.54. The second-order valence-corrected chi connectivity index (χ2v) is 13.4. The minimum atomic E-state index is -1.25. The van der Waals surface area contributed by atoms with Crippen LogP contribution in [0.15, 0.2) is 54.7 Å². The number of hydrogen-bond acceptors (Lipinski definition) is 4. The Morgan fingerprint density at radius 1 is 1.19 bits per heavy atom. The third kappa shape index (κ3) is 5.27. The quantitative estimate of drug-likeness (QED) is 0.276. The number of nitrogens with one attached hydrogen (secondary N) is 1. The molecule has 1 unspecified atom stereocenters. The van der Waals surface area contributed by atoms with Crippen molar-refractivity contribution in [3.63, 3.8) is 0 Å². The Morgan fingerprint density at radius 3 is 2.76 bits per heavy atom. The Bertz CT molecular complexity index is 1470. The molecule has 6 rings (SSSR count). The molecule has 222 valence electrons. The Labute approximate surface area is 252 Å². The zero-order valence-corrected chi connectivity index (χ0v) is 25.2. The van der Waals surface area contributed by atoms with E-state index in [4.69, 9.17) is 16.3 Å². The second-order valence-electron chi connectivity index (χ2n) is 13.0. The number of aliphatic carboxylic acids is 1. The molecule has 7 heteroatoms. The Kier molecular flexibility index (Phi) is 7.95. The van der Waals surface area contributed by atoms with Gasteiger partial charge in [0.2, 0.25) is 0 Å². The molecule has 2 aromatic carbocycles. The highest BCUT2D eigenvalue weighted by molar-refractivity contribution is 6.30. The van der Waals surface area contributed by atoms with Gasteiger partial charge < -0.3 is 15.2 Å². The molecule has 5 nitrogen and oxygen atoms in total. The van der Waals surface area contributed by atoms with E-state index in [1.54, 1.807) is 0 Å². The number of benzene rings is 2. The maximum Gasteiger partial charge on any atom is 0.329 e. The fraction of sp³-hybridized carbons (Fsp3) is 0.486. The molecule has 3 atom stereocenters. The van der Waals surface area contributed by atoms with Crippen molar-refractivity contribution in [3.8, 4) is 5.75 Å². The van der Waals surface area contributed by atoms with Crippen LogP contribution >= 0.6 is 11.6 Å². The smallest absolute Gasteiger partial charge is 0.329 e. The van der Waals surface area contributed by atoms with Gasteiger partial charge in [-0.3, -0.25) is 4.98 Å². The Hall–Kier alpha value is -3.12. The molecular weight excluding hydrogens is 551 g/mol. The zero-order valence-electron chi connectivity index (χ0n) is 24.5. The molecule has 1 aromatic heterocycles. The van der Waals surface area contributed by atoms with Gasteiger partial charge in [0.05, 0.1) is 12.3 Å². The topological polar surface area (TPSA) is 71.5 Å². The molecule has 1 heterocycles. The molecular formula is C35H40ClFN2O3. The molecule has 0 saturated heterocycles. The number of aromatic nitrogens is 1. The third-order valence-corrected chi connectivity index (χ3v) is 10.5. The normalized spacial score (nSPS) is 27.2. The Balaban J connectivity index is 1.20. The molecule has 0 amide bonds. The molecule has 1 spiro atoms. The summed E-state index contributed by atoms with van der Waals surface area (Å²) in [7, 11) is 0. The van der Waals surface area contributed by atoms with E-state index >= 15 is 0 Å². The number of fused-ring (bicyclic) bond motifs is 3. The summed E-state index contributed by atoms with van der Waals surface area (Å²) < 4.78 is 21.1. The average molecular weight is 591 g/mol. The number of carboxylic acids is 1. The van der Waals surface area contributed by atoms with Gasteiger partial charge in [0.25, 0.3) is 0 Å². The molecule has 1 fully saturated rings. The van der Waals surface area contributed by atoms with Crippen molar-refractivity contribution in [2.75, 3.05) is 11.9 Å². The molecule has 0 aliphatic heterocycles. The van der Waals surface area contributed by atoms with Crippen LogP contribution in [0.3, 0.4) is 0 Å². The van der Waals surface area contributed by atoms with Gasteiger partial charge in [0, 0.05) is 22.5 Å². The van der Waals surface area contributed by atoms with E-state index in [1.165, 1.54) is 53.4 Å². The van der Waals surface area contributed by atoms with Crippen molar-refractivity contribution in [2.45, 2.75) is 88.5 Å². The molecule has 3 aliphatic carbocycles. The monoisotopic (exact) mass is 590 g/mol. The predicted octanol–water partition coefficient (Wildman–Crippen LogP) is 8.34. The van der Waals surface area contributed by atoms with Crippen LogP contribution in [-0.4, -0.2) is 28.2 Å². The molecule has 0 radical (unpaired) electrons. The average Bonchev–Trinajstić information content (AvgIpc) is 3.27. The van der Waals surface area contributed by atoms with Crippen LogP contribution in [0.5, 0.6) is 5.75 Å². The largest absolute Gasteiger partial charge is 0.493 e. The van der Waals surface area contributed by atoms with Crippen LogP contribution in [0.2, 0.25) is 5.02 Å². The van der Waals surface area contributed by atoms with Crippen molar-refractivity contribution >= 4 is 23.3 Å². The van der Waals surface area contributed by atoms with Gasteiger partial charge in [-0.1, -0.05) is 49.7 Å². The van der Waals surface area contributed by atoms with Gasteiger partial charge in [-0.2, -0.15) is 0 Å². The highest BCUT2D eigenvalue weighted by Crippen LogP contribution is 2.56. The number of nitrogens with zero attached hydrogens (tertiary/aromatic N) is 1. The maximum atomic E-state index is 14.6. The first-order chi connectivity index (χ1) is 20.2. The summed E-state index contributed by atoms with van der Waals surface area (Å²) in [4.78, 5) is 17.3. The standard InChI is InChI=1S/C35H40ClFN2O3/c1-22(21-42-31-12-17-38-29-9-5-6-23(2)32(29)31)18-25-19-24-7-3-4-8-27(24)34(25)13-15-35(16-14-34,33(40)41)39-30-20-26(36)10-11-28(30)37/h3-4,7-8,10-12,17,20,22-23,25,39H,5-6,9,13-16,18-19,21H2,1-2H3,(H,40,41)/t22-,23-,25?,34?,35?/m1/s1. The molecule has 2 N–H and O–H groups in total. The van der Waals surface area contributed by atoms with E-state index in [0.29, 0.717) is 42.2 Å². The fourth-order valence-corrected chi connectivity index (χ4v) is 8.24. The lowest BCUT2D eigenvalue weighted by Gasteiger charge is -2.47. The fourth-order valence-electron chi connectivity index (χ4n) is 8.07. The van der Waals surface area contributed by atoms with Crippen molar-refractivity contribution in [3.05, 3.63) is 88.0 Å². The van der Waals surface area contributed by atoms with Gasteiger partial charge in [0.15, 0.2) is 0 Å². The molecule has 42 heavy (non-hydrogen) atoms. The number of hydrogen-bond donors (Lipinski definition) is 2. The zero-order chi connectivity index (χ0) is 29.5. The number of ether oxygens (including phenoxy) is 1. The van der Waals surface area contributed by atoms with Crippen LogP contribution in [0.4, 0.5) is 10.1 Å². The number of carboxylic acid groups (broad SMARTS) is 1. The number of anilines is 1. The number of rotatable bonds is 8. The van der Waals surface area contributed by atoms with Gasteiger partial charge in [-0.15, -0.1) is 0 Å². The summed E-state index contributed by atoms with van der Waals surface area (Å²) in [5, 5.41) is 13.8. The van der Waals surface area contributed by atoms with E-state index in [9.17, 15) is 14.3 Å². The van der Waals surface area contributed by atoms with E-state index in [2.05, 4.69) is 48.4 Å². The van der Waals surface area contributed by atoms with E-state index in [1.807, 2.05) is 12.3 Å². The first-order valence-electron chi connectivity index (χ1n) is 15.4. The van der Waals surface area contributed by atoms with E-state index < -0.39 is 17.3 Å². The Morgan fingerprint density at radius 2 is 1.98 bits per heavy atom. The first kappa shape index (κ1) is 29.0. The van der Waals surface area contributed by atoms with Crippen molar-refractivity contribution in [1.29, 1.82) is 0 Å². The summed E-state index contributed by atoms with van der Waals surface area (Å²) in [6, 6.07) is 14.9. The summed E-state index contributed by atoms with van der Waals surface area (Å²) >= 11 is 6.12. The highest BCUT2D eigenvalue weighted by atomic mass is 35.5. The van der Waals surface area contributed by atoms with Crippen LogP contribution in [-0.2, 0) is 23.1 Å². The van der Waals surface area contributed by atoms with Gasteiger partial charge in [-0.05, 0) is 116 Å². The van der Waals surface area contributed by atoms with Crippen LogP contribution < -0.4 is 10.1 Å². The molecule has 3 aromatic rings. The molecule has 1 saturated carbocycles. The summed E-state index contributed by atoms with van der Waals surface area (Å²) in [6.07, 6.45) is 9.48. The number of halogens is 2. The number of aryl methyl sites for hydroxylation is 1. The number of carbonyl (C=O) groups is 1. The number of pyridine rings is 1. The van der Waals surface area contributed by atoms with E-state index in [0.717, 1.165) is 37.9 Å². The van der Waals surface area contributed by atoms with Gasteiger partial charge in [0.1, 0.15) is 17.1 Å². The lowest BCUT2D eigenvalue weighted by Crippen LogP contribution is -2.53. The molecule has 3 aliphatic rings. The van der Waals surface area contributed by atoms with Crippen LogP contribution in [0, 0.1) is 17.7 Å². The van der Waals surface area contributed by atoms with Crippen molar-refractivity contribution < 1.29 is 19.0 Å². The summed E-state index contributed by atoms with van der Waals surface area (Å²) in [5.74, 6) is 0.708. The van der Waals surface area contributed by atoms with Crippen molar-refractivity contribution in [2.24, 2.45) is 11.8 Å². The minimum Gasteiger partial charge on any atom is -0.493 e. The van der Waals surface area contributed by atoms with Crippen LogP contribution in [0.1, 0.15) is 87.1 Å². The first-order valence-corrected chi connectivity index (χ1v) is 15.7. The van der Waals surface area contributed by atoms with E-state index in [-0.39, 0.29) is 11.1 Å².